The Hall–Kier alpha value is -2.92. The maximum absolute atomic E-state index is 12.5. The van der Waals surface area contributed by atoms with E-state index in [1.807, 2.05) is 24.3 Å². The van der Waals surface area contributed by atoms with E-state index in [1.54, 1.807) is 18.2 Å². The van der Waals surface area contributed by atoms with Crippen molar-refractivity contribution >= 4 is 34.3 Å². The molecule has 25 heavy (non-hydrogen) atoms. The molecule has 2 aromatic carbocycles. The van der Waals surface area contributed by atoms with Crippen molar-refractivity contribution in [1.82, 2.24) is 4.98 Å². The van der Waals surface area contributed by atoms with E-state index in [2.05, 4.69) is 4.98 Å². The molecule has 0 aliphatic carbocycles. The zero-order chi connectivity index (χ0) is 18.0. The predicted molar refractivity (Wildman–Crippen MR) is 94.9 cm³/mol. The van der Waals surface area contributed by atoms with Crippen molar-refractivity contribution in [2.75, 3.05) is 14.2 Å². The lowest BCUT2D eigenvalue weighted by Crippen LogP contribution is -2.14. The first kappa shape index (κ1) is 16.9. The van der Waals surface area contributed by atoms with E-state index in [9.17, 15) is 9.59 Å². The molecule has 5 nitrogen and oxygen atoms in total. The maximum Gasteiger partial charge on any atom is 0.339 e. The van der Waals surface area contributed by atoms with E-state index in [1.165, 1.54) is 20.4 Å². The summed E-state index contributed by atoms with van der Waals surface area (Å²) in [6.45, 7) is 0. The van der Waals surface area contributed by atoms with Gasteiger partial charge < -0.3 is 9.47 Å². The molecule has 0 radical (unpaired) electrons. The smallest absolute Gasteiger partial charge is 0.339 e. The minimum Gasteiger partial charge on any atom is -0.465 e. The number of hydrogen-bond donors (Lipinski definition) is 0. The monoisotopic (exact) mass is 355 g/mol. The number of carbonyl (C=O) groups is 2. The number of carbonyl (C=O) groups excluding carboxylic acids is 2. The van der Waals surface area contributed by atoms with Crippen molar-refractivity contribution in [3.8, 4) is 11.1 Å². The number of ether oxygens (including phenoxy) is 2. The van der Waals surface area contributed by atoms with E-state index in [0.717, 1.165) is 10.8 Å². The van der Waals surface area contributed by atoms with Gasteiger partial charge in [-0.15, -0.1) is 0 Å². The summed E-state index contributed by atoms with van der Waals surface area (Å²) in [7, 11) is 2.53. The van der Waals surface area contributed by atoms with E-state index in [-0.39, 0.29) is 16.3 Å². The normalized spacial score (nSPS) is 10.5. The van der Waals surface area contributed by atoms with Crippen molar-refractivity contribution in [2.45, 2.75) is 0 Å². The number of esters is 2. The zero-order valence-electron chi connectivity index (χ0n) is 13.6. The predicted octanol–water partition coefficient (Wildman–Crippen LogP) is 4.13. The fourth-order valence-corrected chi connectivity index (χ4v) is 2.96. The number of hydrogen-bond acceptors (Lipinski definition) is 5. The summed E-state index contributed by atoms with van der Waals surface area (Å²) in [4.78, 5) is 28.8. The molecule has 6 heteroatoms. The van der Waals surface area contributed by atoms with Gasteiger partial charge >= 0.3 is 11.9 Å². The Balaban J connectivity index is 2.50. The number of methoxy groups -OCH3 is 2. The molecule has 0 fully saturated rings. The van der Waals surface area contributed by atoms with Crippen LogP contribution in [0.3, 0.4) is 0 Å². The van der Waals surface area contributed by atoms with Gasteiger partial charge in [0, 0.05) is 11.8 Å². The number of rotatable bonds is 3. The van der Waals surface area contributed by atoms with Gasteiger partial charge in [-0.25, -0.2) is 14.6 Å². The molecule has 126 valence electrons. The molecule has 3 rings (SSSR count). The molecule has 0 atom stereocenters. The first-order chi connectivity index (χ1) is 12.1. The standard InChI is InChI=1S/C19H14ClNO4/c1-24-18(22)14-9-11-5-3-4-6-13(11)16(17(14)19(23)25-2)12-7-8-21-15(20)10-12/h3-10H,1-2H3. The summed E-state index contributed by atoms with van der Waals surface area (Å²) >= 11 is 6.02. The van der Waals surface area contributed by atoms with Crippen LogP contribution in [0.5, 0.6) is 0 Å². The third-order valence-corrected chi connectivity index (χ3v) is 4.07. The molecular weight excluding hydrogens is 342 g/mol. The van der Waals surface area contributed by atoms with Crippen LogP contribution >= 0.6 is 11.6 Å². The number of pyridine rings is 1. The van der Waals surface area contributed by atoms with Crippen molar-refractivity contribution in [1.29, 1.82) is 0 Å². The Labute approximate surface area is 149 Å². The summed E-state index contributed by atoms with van der Waals surface area (Å²) in [5.74, 6) is -1.25. The number of nitrogens with zero attached hydrogens (tertiary/aromatic N) is 1. The molecule has 0 bridgehead atoms. The van der Waals surface area contributed by atoms with Crippen molar-refractivity contribution < 1.29 is 19.1 Å². The van der Waals surface area contributed by atoms with E-state index in [0.29, 0.717) is 11.1 Å². The lowest BCUT2D eigenvalue weighted by atomic mass is 9.90. The molecule has 0 saturated carbocycles. The molecule has 0 amide bonds. The van der Waals surface area contributed by atoms with Crippen LogP contribution in [0.4, 0.5) is 0 Å². The summed E-state index contributed by atoms with van der Waals surface area (Å²) in [5, 5.41) is 1.86. The quantitative estimate of drug-likeness (QED) is 0.522. The molecule has 0 saturated heterocycles. The van der Waals surface area contributed by atoms with Gasteiger partial charge in [0.1, 0.15) is 5.15 Å². The second-order valence-electron chi connectivity index (χ2n) is 5.25. The zero-order valence-corrected chi connectivity index (χ0v) is 14.3. The SMILES string of the molecule is COC(=O)c1cc2ccccc2c(-c2ccnc(Cl)c2)c1C(=O)OC. The Morgan fingerprint density at radius 3 is 2.40 bits per heavy atom. The minimum atomic E-state index is -0.630. The largest absolute Gasteiger partial charge is 0.465 e. The summed E-state index contributed by atoms with van der Waals surface area (Å²) in [6, 6.07) is 12.4. The Morgan fingerprint density at radius 1 is 1.00 bits per heavy atom. The van der Waals surface area contributed by atoms with Crippen LogP contribution in [-0.2, 0) is 9.47 Å². The Bertz CT molecular complexity index is 984. The lowest BCUT2D eigenvalue weighted by molar-refractivity contribution is 0.0556. The van der Waals surface area contributed by atoms with E-state index in [4.69, 9.17) is 21.1 Å². The molecule has 3 aromatic rings. The average molecular weight is 356 g/mol. The molecular formula is C19H14ClNO4. The van der Waals surface area contributed by atoms with Crippen LogP contribution in [0.25, 0.3) is 21.9 Å². The number of fused-ring (bicyclic) bond motifs is 1. The van der Waals surface area contributed by atoms with Crippen molar-refractivity contribution in [3.05, 3.63) is 64.9 Å². The average Bonchev–Trinajstić information content (AvgIpc) is 2.65. The Morgan fingerprint density at radius 2 is 1.72 bits per heavy atom. The molecule has 1 heterocycles. The van der Waals surface area contributed by atoms with Crippen molar-refractivity contribution in [3.63, 3.8) is 0 Å². The highest BCUT2D eigenvalue weighted by atomic mass is 35.5. The third kappa shape index (κ3) is 3.06. The minimum absolute atomic E-state index is 0.135. The summed E-state index contributed by atoms with van der Waals surface area (Å²) in [6.07, 6.45) is 1.54. The highest BCUT2D eigenvalue weighted by Crippen LogP contribution is 2.36. The fraction of sp³-hybridized carbons (Fsp3) is 0.105. The van der Waals surface area contributed by atoms with Gasteiger partial charge in [-0.3, -0.25) is 0 Å². The summed E-state index contributed by atoms with van der Waals surface area (Å²) in [5.41, 5.74) is 1.48. The number of benzene rings is 2. The van der Waals surface area contributed by atoms with E-state index < -0.39 is 11.9 Å². The first-order valence-electron chi connectivity index (χ1n) is 7.41. The topological polar surface area (TPSA) is 65.5 Å². The van der Waals surface area contributed by atoms with Gasteiger partial charge in [0.15, 0.2) is 0 Å². The molecule has 0 N–H and O–H groups in total. The van der Waals surface area contributed by atoms with Crippen molar-refractivity contribution in [2.24, 2.45) is 0 Å². The highest BCUT2D eigenvalue weighted by Gasteiger charge is 2.25. The molecule has 0 spiro atoms. The maximum atomic E-state index is 12.5. The molecule has 0 unspecified atom stereocenters. The van der Waals surface area contributed by atoms with Gasteiger partial charge in [-0.05, 0) is 34.5 Å². The van der Waals surface area contributed by atoms with Crippen LogP contribution in [-0.4, -0.2) is 31.1 Å². The molecule has 0 aliphatic rings. The second-order valence-corrected chi connectivity index (χ2v) is 5.63. The van der Waals surface area contributed by atoms with Gasteiger partial charge in [-0.1, -0.05) is 35.9 Å². The highest BCUT2D eigenvalue weighted by molar-refractivity contribution is 6.29. The van der Waals surface area contributed by atoms with Crippen LogP contribution in [0.1, 0.15) is 20.7 Å². The fourth-order valence-electron chi connectivity index (χ4n) is 2.79. The van der Waals surface area contributed by atoms with Crippen LogP contribution in [0, 0.1) is 0 Å². The third-order valence-electron chi connectivity index (χ3n) is 3.86. The van der Waals surface area contributed by atoms with Gasteiger partial charge in [0.25, 0.3) is 0 Å². The van der Waals surface area contributed by atoms with Crippen LogP contribution in [0.2, 0.25) is 5.15 Å². The number of halogens is 1. The number of aromatic nitrogens is 1. The van der Waals surface area contributed by atoms with E-state index >= 15 is 0 Å². The van der Waals surface area contributed by atoms with Gasteiger partial charge in [-0.2, -0.15) is 0 Å². The van der Waals surface area contributed by atoms with Crippen LogP contribution < -0.4 is 0 Å². The lowest BCUT2D eigenvalue weighted by Gasteiger charge is -2.16. The second kappa shape index (κ2) is 6.91. The van der Waals surface area contributed by atoms with Gasteiger partial charge in [0.05, 0.1) is 25.3 Å². The molecule has 0 aliphatic heterocycles. The van der Waals surface area contributed by atoms with Gasteiger partial charge in [0.2, 0.25) is 0 Å². The van der Waals surface area contributed by atoms with Crippen LogP contribution in [0.15, 0.2) is 48.7 Å². The molecule has 1 aromatic heterocycles. The Kier molecular flexibility index (Phi) is 4.67. The first-order valence-corrected chi connectivity index (χ1v) is 7.79. The summed E-state index contributed by atoms with van der Waals surface area (Å²) < 4.78 is 9.77.